The topological polar surface area (TPSA) is 4.93 Å². The average Bonchev–Trinajstić information content (AvgIpc) is 3.31. The summed E-state index contributed by atoms with van der Waals surface area (Å²) in [4.78, 5) is 0. The third-order valence-corrected chi connectivity index (χ3v) is 8.37. The Morgan fingerprint density at radius 1 is 0.667 bits per heavy atom. The van der Waals surface area contributed by atoms with Crippen molar-refractivity contribution in [3.63, 3.8) is 0 Å². The van der Waals surface area contributed by atoms with E-state index in [1.54, 1.807) is 0 Å². The molecule has 0 atom stereocenters. The number of para-hydroxylation sites is 1. The van der Waals surface area contributed by atoms with E-state index < -0.39 is 0 Å². The van der Waals surface area contributed by atoms with Crippen LogP contribution >= 0.6 is 22.6 Å². The normalized spacial score (nSPS) is 14.6. The highest BCUT2D eigenvalue weighted by atomic mass is 127. The first-order valence-corrected chi connectivity index (χ1v) is 12.4. The van der Waals surface area contributed by atoms with Crippen LogP contribution in [0.4, 0.5) is 0 Å². The lowest BCUT2D eigenvalue weighted by Crippen LogP contribution is -2.27. The number of benzene rings is 4. The van der Waals surface area contributed by atoms with Crippen molar-refractivity contribution in [2.24, 2.45) is 7.05 Å². The fourth-order valence-electron chi connectivity index (χ4n) is 5.54. The Morgan fingerprint density at radius 3 is 1.82 bits per heavy atom. The standard InChI is InChI=1S/C31H24IN/c1-21-17-19-22(20-18-21)27-29-28(25-15-9-10-16-26(25)33(29)2)31(30(27)32,23-11-5-3-6-12-23)24-13-7-4-8-14-24/h3-20H,1-2H3. The zero-order chi connectivity index (χ0) is 22.6. The number of hydrogen-bond donors (Lipinski definition) is 0. The van der Waals surface area contributed by atoms with Crippen LogP contribution in [0, 0.1) is 6.92 Å². The molecule has 1 aromatic heterocycles. The van der Waals surface area contributed by atoms with Gasteiger partial charge in [0.25, 0.3) is 0 Å². The summed E-state index contributed by atoms with van der Waals surface area (Å²) in [5, 5.41) is 1.32. The SMILES string of the molecule is Cc1ccc(C2=C(I)C(c3ccccc3)(c3ccccc3)c3c2n(C)c2ccccc32)cc1. The van der Waals surface area contributed by atoms with E-state index in [9.17, 15) is 0 Å². The summed E-state index contributed by atoms with van der Waals surface area (Å²) in [6.07, 6.45) is 0. The zero-order valence-electron chi connectivity index (χ0n) is 18.7. The molecule has 1 aliphatic carbocycles. The average molecular weight is 537 g/mol. The van der Waals surface area contributed by atoms with Crippen LogP contribution in [0.3, 0.4) is 0 Å². The molecule has 5 aromatic rings. The summed E-state index contributed by atoms with van der Waals surface area (Å²) >= 11 is 2.64. The van der Waals surface area contributed by atoms with Gasteiger partial charge in [-0.1, -0.05) is 109 Å². The van der Waals surface area contributed by atoms with Crippen LogP contribution < -0.4 is 0 Å². The van der Waals surface area contributed by atoms with E-state index >= 15 is 0 Å². The molecule has 0 N–H and O–H groups in total. The summed E-state index contributed by atoms with van der Waals surface area (Å²) < 4.78 is 3.75. The van der Waals surface area contributed by atoms with Gasteiger partial charge in [0.05, 0.1) is 11.1 Å². The van der Waals surface area contributed by atoms with Gasteiger partial charge >= 0.3 is 0 Å². The fourth-order valence-corrected chi connectivity index (χ4v) is 6.99. The van der Waals surface area contributed by atoms with Crippen molar-refractivity contribution >= 4 is 39.1 Å². The molecule has 0 spiro atoms. The number of hydrogen-bond acceptors (Lipinski definition) is 0. The molecule has 1 heterocycles. The van der Waals surface area contributed by atoms with Gasteiger partial charge in [-0.15, -0.1) is 0 Å². The smallest absolute Gasteiger partial charge is 0.0792 e. The number of nitrogens with zero attached hydrogens (tertiary/aromatic N) is 1. The van der Waals surface area contributed by atoms with Crippen LogP contribution in [-0.2, 0) is 12.5 Å². The van der Waals surface area contributed by atoms with Crippen molar-refractivity contribution in [2.45, 2.75) is 12.3 Å². The van der Waals surface area contributed by atoms with E-state index in [4.69, 9.17) is 0 Å². The molecule has 0 fully saturated rings. The van der Waals surface area contributed by atoms with Gasteiger partial charge in [0.1, 0.15) is 0 Å². The van der Waals surface area contributed by atoms with Gasteiger partial charge in [0, 0.05) is 32.7 Å². The van der Waals surface area contributed by atoms with Crippen molar-refractivity contribution in [2.75, 3.05) is 0 Å². The van der Waals surface area contributed by atoms with Crippen molar-refractivity contribution in [3.8, 4) is 0 Å². The predicted molar refractivity (Wildman–Crippen MR) is 147 cm³/mol. The lowest BCUT2D eigenvalue weighted by atomic mass is 9.71. The molecule has 0 amide bonds. The molecular formula is C31H24IN. The maximum Gasteiger partial charge on any atom is 0.0792 e. The van der Waals surface area contributed by atoms with Crippen LogP contribution in [0.2, 0.25) is 0 Å². The Hall–Kier alpha value is -3.11. The second-order valence-corrected chi connectivity index (χ2v) is 9.92. The molecule has 6 rings (SSSR count). The molecule has 1 nitrogen and oxygen atoms in total. The molecule has 0 saturated carbocycles. The highest BCUT2D eigenvalue weighted by Gasteiger charge is 2.50. The van der Waals surface area contributed by atoms with Gasteiger partial charge in [-0.3, -0.25) is 0 Å². The van der Waals surface area contributed by atoms with Gasteiger partial charge in [0.15, 0.2) is 0 Å². The molecule has 33 heavy (non-hydrogen) atoms. The van der Waals surface area contributed by atoms with E-state index in [-0.39, 0.29) is 5.41 Å². The molecule has 0 bridgehead atoms. The predicted octanol–water partition coefficient (Wildman–Crippen LogP) is 8.03. The summed E-state index contributed by atoms with van der Waals surface area (Å²) in [5.74, 6) is 0. The van der Waals surface area contributed by atoms with E-state index in [1.807, 2.05) is 0 Å². The van der Waals surface area contributed by atoms with Crippen molar-refractivity contribution in [3.05, 3.63) is 146 Å². The molecule has 0 unspecified atom stereocenters. The Balaban J connectivity index is 1.84. The second-order valence-electron chi connectivity index (χ2n) is 8.84. The Kier molecular flexibility index (Phi) is 4.81. The molecule has 4 aromatic carbocycles. The molecule has 160 valence electrons. The van der Waals surface area contributed by atoms with Crippen LogP contribution in [-0.4, -0.2) is 4.57 Å². The van der Waals surface area contributed by atoms with Crippen LogP contribution in [0.1, 0.15) is 33.5 Å². The molecule has 2 heteroatoms. The fraction of sp³-hybridized carbons (Fsp3) is 0.0968. The number of aromatic nitrogens is 1. The lowest BCUT2D eigenvalue weighted by Gasteiger charge is -2.33. The summed E-state index contributed by atoms with van der Waals surface area (Å²) in [6.45, 7) is 2.15. The van der Waals surface area contributed by atoms with Gasteiger partial charge in [-0.25, -0.2) is 0 Å². The molecule has 0 radical (unpaired) electrons. The summed E-state index contributed by atoms with van der Waals surface area (Å²) in [7, 11) is 2.21. The van der Waals surface area contributed by atoms with Crippen LogP contribution in [0.15, 0.2) is 113 Å². The van der Waals surface area contributed by atoms with E-state index in [0.29, 0.717) is 0 Å². The number of fused-ring (bicyclic) bond motifs is 3. The number of rotatable bonds is 3. The first kappa shape index (κ1) is 20.5. The van der Waals surface area contributed by atoms with E-state index in [0.717, 1.165) is 0 Å². The minimum Gasteiger partial charge on any atom is -0.343 e. The molecule has 0 aliphatic heterocycles. The highest BCUT2D eigenvalue weighted by molar-refractivity contribution is 14.1. The lowest BCUT2D eigenvalue weighted by molar-refractivity contribution is 0.791. The first-order chi connectivity index (χ1) is 16.1. The number of halogens is 1. The Labute approximate surface area is 208 Å². The van der Waals surface area contributed by atoms with Crippen molar-refractivity contribution in [1.82, 2.24) is 4.57 Å². The van der Waals surface area contributed by atoms with Crippen LogP contribution in [0.5, 0.6) is 0 Å². The van der Waals surface area contributed by atoms with Gasteiger partial charge in [0.2, 0.25) is 0 Å². The Bertz CT molecular complexity index is 1470. The molecular weight excluding hydrogens is 513 g/mol. The summed E-state index contributed by atoms with van der Waals surface area (Å²) in [5.41, 5.74) is 10.1. The number of aryl methyl sites for hydroxylation is 2. The largest absolute Gasteiger partial charge is 0.343 e. The zero-order valence-corrected chi connectivity index (χ0v) is 20.9. The third kappa shape index (κ3) is 2.83. The van der Waals surface area contributed by atoms with Gasteiger partial charge < -0.3 is 4.57 Å². The molecule has 1 aliphatic rings. The van der Waals surface area contributed by atoms with Crippen LogP contribution in [0.25, 0.3) is 16.5 Å². The molecule has 0 saturated heterocycles. The summed E-state index contributed by atoms with van der Waals surface area (Å²) in [6, 6.07) is 39.9. The monoisotopic (exact) mass is 537 g/mol. The van der Waals surface area contributed by atoms with Crippen molar-refractivity contribution in [1.29, 1.82) is 0 Å². The minimum atomic E-state index is -0.362. The van der Waals surface area contributed by atoms with Gasteiger partial charge in [-0.2, -0.15) is 0 Å². The first-order valence-electron chi connectivity index (χ1n) is 11.3. The quantitative estimate of drug-likeness (QED) is 0.206. The third-order valence-electron chi connectivity index (χ3n) is 7.02. The maximum atomic E-state index is 2.64. The number of allylic oxidation sites excluding steroid dienone is 1. The van der Waals surface area contributed by atoms with Crippen molar-refractivity contribution < 1.29 is 0 Å². The minimum absolute atomic E-state index is 0.362. The van der Waals surface area contributed by atoms with Gasteiger partial charge in [-0.05, 0) is 52.3 Å². The van der Waals surface area contributed by atoms with E-state index in [1.165, 1.54) is 53.6 Å². The maximum absolute atomic E-state index is 2.64. The van der Waals surface area contributed by atoms with E-state index in [2.05, 4.69) is 150 Å². The Morgan fingerprint density at radius 2 is 1.21 bits per heavy atom. The second kappa shape index (κ2) is 7.74. The highest BCUT2D eigenvalue weighted by Crippen LogP contribution is 2.60.